The summed E-state index contributed by atoms with van der Waals surface area (Å²) < 4.78 is 38.7. The zero-order chi connectivity index (χ0) is 14.0. The molecule has 0 aliphatic rings. The zero-order valence-corrected chi connectivity index (χ0v) is 9.48. The summed E-state index contributed by atoms with van der Waals surface area (Å²) in [5, 5.41) is 9.01. The van der Waals surface area contributed by atoms with E-state index in [1.54, 1.807) is 0 Å². The van der Waals surface area contributed by atoms with Crippen molar-refractivity contribution in [1.29, 1.82) is 0 Å². The molecule has 98 valence electrons. The molecule has 1 aromatic heterocycles. The minimum absolute atomic E-state index is 0.0528. The Morgan fingerprint density at radius 1 is 1.11 bits per heavy atom. The normalized spacial score (nSPS) is 11.3. The number of aromatic nitrogens is 1. The van der Waals surface area contributed by atoms with E-state index < -0.39 is 17.7 Å². The second-order valence-corrected chi connectivity index (χ2v) is 3.77. The van der Waals surface area contributed by atoms with Gasteiger partial charge in [-0.1, -0.05) is 18.2 Å². The number of hydrogen-bond acceptors (Lipinski definition) is 2. The maximum absolute atomic E-state index is 12.9. The predicted molar refractivity (Wildman–Crippen MR) is 61.6 cm³/mol. The molecule has 2 aromatic rings. The highest BCUT2D eigenvalue weighted by Crippen LogP contribution is 2.37. The first kappa shape index (κ1) is 13.1. The number of alkyl halides is 3. The third kappa shape index (κ3) is 2.57. The van der Waals surface area contributed by atoms with Crippen molar-refractivity contribution in [1.82, 2.24) is 4.98 Å². The topological polar surface area (TPSA) is 50.2 Å². The fraction of sp³-hybridized carbons (Fsp3) is 0.0769. The Bertz CT molecular complexity index is 623. The molecule has 0 radical (unpaired) electrons. The van der Waals surface area contributed by atoms with Gasteiger partial charge in [0.1, 0.15) is 0 Å². The number of carbonyl (C=O) groups is 1. The summed E-state index contributed by atoms with van der Waals surface area (Å²) in [6, 6.07) is 5.98. The summed E-state index contributed by atoms with van der Waals surface area (Å²) in [7, 11) is 0. The van der Waals surface area contributed by atoms with Crippen molar-refractivity contribution in [3.8, 4) is 11.1 Å². The predicted octanol–water partition coefficient (Wildman–Crippen LogP) is 3.47. The lowest BCUT2D eigenvalue weighted by atomic mass is 9.97. The van der Waals surface area contributed by atoms with Crippen LogP contribution >= 0.6 is 0 Å². The van der Waals surface area contributed by atoms with E-state index in [0.717, 1.165) is 12.3 Å². The van der Waals surface area contributed by atoms with E-state index >= 15 is 0 Å². The summed E-state index contributed by atoms with van der Waals surface area (Å²) in [6.07, 6.45) is -2.21. The molecule has 0 fully saturated rings. The Morgan fingerprint density at radius 2 is 1.79 bits per heavy atom. The van der Waals surface area contributed by atoms with Crippen LogP contribution in [-0.4, -0.2) is 16.1 Å². The van der Waals surface area contributed by atoms with E-state index in [2.05, 4.69) is 4.98 Å². The van der Waals surface area contributed by atoms with Crippen molar-refractivity contribution >= 4 is 5.97 Å². The molecule has 0 aliphatic heterocycles. The van der Waals surface area contributed by atoms with Crippen LogP contribution in [0, 0.1) is 0 Å². The lowest BCUT2D eigenvalue weighted by molar-refractivity contribution is -0.137. The molecule has 0 bridgehead atoms. The zero-order valence-electron chi connectivity index (χ0n) is 9.48. The Balaban J connectivity index is 2.70. The van der Waals surface area contributed by atoms with E-state index in [4.69, 9.17) is 5.11 Å². The first-order valence-corrected chi connectivity index (χ1v) is 5.25. The van der Waals surface area contributed by atoms with Crippen molar-refractivity contribution in [2.45, 2.75) is 6.18 Å². The molecule has 2 rings (SSSR count). The summed E-state index contributed by atoms with van der Waals surface area (Å²) in [5.74, 6) is -1.30. The Kier molecular flexibility index (Phi) is 3.25. The molecule has 19 heavy (non-hydrogen) atoms. The van der Waals surface area contributed by atoms with E-state index in [0.29, 0.717) is 0 Å². The van der Waals surface area contributed by atoms with Gasteiger partial charge in [0.05, 0.1) is 11.1 Å². The van der Waals surface area contributed by atoms with Crippen LogP contribution in [0.3, 0.4) is 0 Å². The number of benzene rings is 1. The quantitative estimate of drug-likeness (QED) is 0.906. The summed E-state index contributed by atoms with van der Waals surface area (Å²) in [5.41, 5.74) is -1.35. The molecular weight excluding hydrogens is 259 g/mol. The van der Waals surface area contributed by atoms with Crippen molar-refractivity contribution in [2.75, 3.05) is 0 Å². The first-order valence-electron chi connectivity index (χ1n) is 5.25. The van der Waals surface area contributed by atoms with Crippen molar-refractivity contribution in [3.63, 3.8) is 0 Å². The number of hydrogen-bond donors (Lipinski definition) is 1. The van der Waals surface area contributed by atoms with Crippen LogP contribution in [0.25, 0.3) is 11.1 Å². The lowest BCUT2D eigenvalue weighted by Gasteiger charge is -2.13. The number of carboxylic acid groups (broad SMARTS) is 1. The maximum Gasteiger partial charge on any atom is 0.417 e. The second kappa shape index (κ2) is 4.72. The summed E-state index contributed by atoms with van der Waals surface area (Å²) >= 11 is 0. The molecule has 6 heteroatoms. The molecule has 0 saturated carbocycles. The molecule has 1 heterocycles. The van der Waals surface area contributed by atoms with Gasteiger partial charge in [-0.15, -0.1) is 0 Å². The van der Waals surface area contributed by atoms with Gasteiger partial charge in [0.25, 0.3) is 0 Å². The van der Waals surface area contributed by atoms with Crippen molar-refractivity contribution in [2.24, 2.45) is 0 Å². The summed E-state index contributed by atoms with van der Waals surface area (Å²) in [6.45, 7) is 0. The van der Waals surface area contributed by atoms with E-state index in [1.165, 1.54) is 30.5 Å². The Labute approximate surface area is 106 Å². The molecule has 3 nitrogen and oxygen atoms in total. The molecule has 1 N–H and O–H groups in total. The standard InChI is InChI=1S/C13H8F3NO2/c14-13(15,16)11-4-2-1-3-8(11)10-7-17-6-5-9(10)12(18)19/h1-7H,(H,18,19). The van der Waals surface area contributed by atoms with Crippen molar-refractivity contribution in [3.05, 3.63) is 53.9 Å². The second-order valence-electron chi connectivity index (χ2n) is 3.77. The van der Waals surface area contributed by atoms with Gasteiger partial charge in [0.2, 0.25) is 0 Å². The number of carboxylic acids is 1. The van der Waals surface area contributed by atoms with Gasteiger partial charge < -0.3 is 5.11 Å². The number of halogens is 3. The van der Waals surface area contributed by atoms with Crippen LogP contribution in [0.2, 0.25) is 0 Å². The minimum atomic E-state index is -4.55. The molecule has 0 aliphatic carbocycles. The largest absolute Gasteiger partial charge is 0.478 e. The van der Waals surface area contributed by atoms with Gasteiger partial charge in [-0.3, -0.25) is 4.98 Å². The van der Waals surface area contributed by atoms with Gasteiger partial charge in [-0.2, -0.15) is 13.2 Å². The van der Waals surface area contributed by atoms with Gasteiger partial charge in [-0.25, -0.2) is 4.79 Å². The molecule has 0 atom stereocenters. The average Bonchev–Trinajstić information content (AvgIpc) is 2.37. The average molecular weight is 267 g/mol. The van der Waals surface area contributed by atoms with Gasteiger partial charge in [0.15, 0.2) is 0 Å². The summed E-state index contributed by atoms with van der Waals surface area (Å²) in [4.78, 5) is 14.7. The Morgan fingerprint density at radius 3 is 2.42 bits per heavy atom. The molecule has 0 unspecified atom stereocenters. The van der Waals surface area contributed by atoms with Crippen LogP contribution in [0.15, 0.2) is 42.7 Å². The highest BCUT2D eigenvalue weighted by Gasteiger charge is 2.34. The monoisotopic (exact) mass is 267 g/mol. The van der Waals surface area contributed by atoms with E-state index in [1.807, 2.05) is 0 Å². The first-order chi connectivity index (χ1) is 8.91. The molecule has 0 saturated heterocycles. The third-order valence-electron chi connectivity index (χ3n) is 2.57. The number of aromatic carboxylic acids is 1. The SMILES string of the molecule is O=C(O)c1ccncc1-c1ccccc1C(F)(F)F. The van der Waals surface area contributed by atoms with Crippen LogP contribution < -0.4 is 0 Å². The van der Waals surface area contributed by atoms with E-state index in [-0.39, 0.29) is 16.7 Å². The van der Waals surface area contributed by atoms with Gasteiger partial charge >= 0.3 is 12.1 Å². The third-order valence-corrected chi connectivity index (χ3v) is 2.57. The van der Waals surface area contributed by atoms with Gasteiger partial charge in [0, 0.05) is 18.0 Å². The van der Waals surface area contributed by atoms with Crippen molar-refractivity contribution < 1.29 is 23.1 Å². The highest BCUT2D eigenvalue weighted by molar-refractivity contribution is 5.96. The van der Waals surface area contributed by atoms with Crippen LogP contribution in [-0.2, 0) is 6.18 Å². The van der Waals surface area contributed by atoms with E-state index in [9.17, 15) is 18.0 Å². The van der Waals surface area contributed by atoms with Crippen LogP contribution in [0.5, 0.6) is 0 Å². The number of rotatable bonds is 2. The fourth-order valence-corrected chi connectivity index (χ4v) is 1.76. The minimum Gasteiger partial charge on any atom is -0.478 e. The number of nitrogens with zero attached hydrogens (tertiary/aromatic N) is 1. The lowest BCUT2D eigenvalue weighted by Crippen LogP contribution is -2.09. The fourth-order valence-electron chi connectivity index (χ4n) is 1.76. The molecular formula is C13H8F3NO2. The molecule has 0 amide bonds. The van der Waals surface area contributed by atoms with Crippen LogP contribution in [0.4, 0.5) is 13.2 Å². The highest BCUT2D eigenvalue weighted by atomic mass is 19.4. The molecule has 0 spiro atoms. The number of pyridine rings is 1. The van der Waals surface area contributed by atoms with Crippen LogP contribution in [0.1, 0.15) is 15.9 Å². The van der Waals surface area contributed by atoms with Gasteiger partial charge in [-0.05, 0) is 17.7 Å². The smallest absolute Gasteiger partial charge is 0.417 e. The Hall–Kier alpha value is -2.37. The maximum atomic E-state index is 12.9. The molecule has 1 aromatic carbocycles.